The molecule has 0 saturated heterocycles. The number of hydrogen-bond donors (Lipinski definition) is 3. The van der Waals surface area contributed by atoms with Gasteiger partial charge in [0.1, 0.15) is 0 Å². The Morgan fingerprint density at radius 1 is 1.05 bits per heavy atom. The monoisotopic (exact) mass is 329 g/mol. The van der Waals surface area contributed by atoms with Gasteiger partial charge in [-0.3, -0.25) is 10.9 Å². The molecule has 0 aliphatic rings. The van der Waals surface area contributed by atoms with Gasteiger partial charge >= 0.3 is 12.2 Å². The summed E-state index contributed by atoms with van der Waals surface area (Å²) in [7, 11) is 0. The van der Waals surface area contributed by atoms with Crippen LogP contribution in [0.5, 0.6) is 0 Å². The van der Waals surface area contributed by atoms with E-state index in [2.05, 4.69) is 16.2 Å². The van der Waals surface area contributed by atoms with Crippen molar-refractivity contribution >= 4 is 29.0 Å². The summed E-state index contributed by atoms with van der Waals surface area (Å²) < 4.78 is 37.7. The second kappa shape index (κ2) is 6.57. The summed E-state index contributed by atoms with van der Waals surface area (Å²) >= 11 is 5.88. The second-order valence-corrected chi connectivity index (χ2v) is 4.67. The Kier molecular flexibility index (Phi) is 4.77. The molecule has 0 aromatic heterocycles. The average molecular weight is 330 g/mol. The van der Waals surface area contributed by atoms with Crippen LogP contribution in [0.4, 0.5) is 29.3 Å². The molecule has 0 radical (unpaired) electrons. The molecule has 4 nitrogen and oxygen atoms in total. The molecular weight excluding hydrogens is 319 g/mol. The number of para-hydroxylation sites is 1. The second-order valence-electron chi connectivity index (χ2n) is 4.26. The zero-order chi connectivity index (χ0) is 16.2. The van der Waals surface area contributed by atoms with Crippen molar-refractivity contribution in [3.05, 3.63) is 59.1 Å². The first-order chi connectivity index (χ1) is 10.4. The van der Waals surface area contributed by atoms with Crippen molar-refractivity contribution in [1.82, 2.24) is 5.43 Å². The average Bonchev–Trinajstić information content (AvgIpc) is 2.46. The largest absolute Gasteiger partial charge is 0.416 e. The van der Waals surface area contributed by atoms with E-state index in [0.717, 1.165) is 12.1 Å². The number of rotatable bonds is 3. The van der Waals surface area contributed by atoms with Crippen LogP contribution in [-0.2, 0) is 6.18 Å². The van der Waals surface area contributed by atoms with Gasteiger partial charge in [-0.15, -0.1) is 0 Å². The number of hydrogen-bond acceptors (Lipinski definition) is 2. The van der Waals surface area contributed by atoms with E-state index in [1.54, 1.807) is 24.3 Å². The van der Waals surface area contributed by atoms with E-state index in [-0.39, 0.29) is 5.69 Å². The van der Waals surface area contributed by atoms with Crippen molar-refractivity contribution in [1.29, 1.82) is 0 Å². The van der Waals surface area contributed by atoms with Crippen LogP contribution in [0, 0.1) is 0 Å². The van der Waals surface area contributed by atoms with Gasteiger partial charge in [0.25, 0.3) is 0 Å². The molecule has 2 amide bonds. The molecule has 0 fully saturated rings. The zero-order valence-electron chi connectivity index (χ0n) is 11.0. The summed E-state index contributed by atoms with van der Waals surface area (Å²) in [5.41, 5.74) is 4.48. The Morgan fingerprint density at radius 2 is 1.77 bits per heavy atom. The summed E-state index contributed by atoms with van der Waals surface area (Å²) in [6.07, 6.45) is -4.47. The zero-order valence-corrected chi connectivity index (χ0v) is 11.8. The molecule has 0 aliphatic heterocycles. The minimum atomic E-state index is -4.47. The van der Waals surface area contributed by atoms with Gasteiger partial charge in [-0.2, -0.15) is 13.2 Å². The number of amides is 2. The molecule has 22 heavy (non-hydrogen) atoms. The van der Waals surface area contributed by atoms with Gasteiger partial charge in [0.15, 0.2) is 0 Å². The maximum atomic E-state index is 12.6. The predicted octanol–water partition coefficient (Wildman–Crippen LogP) is 4.51. The van der Waals surface area contributed by atoms with Crippen LogP contribution in [0.2, 0.25) is 5.02 Å². The van der Waals surface area contributed by atoms with Crippen LogP contribution in [0.15, 0.2) is 48.5 Å². The van der Waals surface area contributed by atoms with Gasteiger partial charge in [0.05, 0.1) is 16.3 Å². The summed E-state index contributed by atoms with van der Waals surface area (Å²) in [6, 6.07) is 10.3. The van der Waals surface area contributed by atoms with E-state index >= 15 is 0 Å². The lowest BCUT2D eigenvalue weighted by atomic mass is 10.2. The lowest BCUT2D eigenvalue weighted by molar-refractivity contribution is -0.137. The van der Waals surface area contributed by atoms with Crippen LogP contribution in [0.1, 0.15) is 5.56 Å². The van der Waals surface area contributed by atoms with Gasteiger partial charge in [-0.1, -0.05) is 29.8 Å². The van der Waals surface area contributed by atoms with E-state index in [0.29, 0.717) is 10.7 Å². The third kappa shape index (κ3) is 4.29. The highest BCUT2D eigenvalue weighted by atomic mass is 35.5. The number of carbonyl (C=O) groups is 1. The Bertz CT molecular complexity index is 676. The smallest absolute Gasteiger partial charge is 0.307 e. The maximum Gasteiger partial charge on any atom is 0.416 e. The van der Waals surface area contributed by atoms with E-state index in [9.17, 15) is 18.0 Å². The number of anilines is 2. The molecule has 0 spiro atoms. The highest BCUT2D eigenvalue weighted by Gasteiger charge is 2.30. The van der Waals surface area contributed by atoms with Gasteiger partial charge in [0, 0.05) is 5.69 Å². The molecular formula is C14H11ClF3N3O. The molecule has 116 valence electrons. The summed E-state index contributed by atoms with van der Waals surface area (Å²) in [5, 5.41) is 2.68. The normalized spacial score (nSPS) is 10.9. The third-order valence-corrected chi connectivity index (χ3v) is 2.96. The molecule has 0 unspecified atom stereocenters. The molecule has 0 atom stereocenters. The number of benzene rings is 2. The molecule has 0 aliphatic carbocycles. The van der Waals surface area contributed by atoms with Crippen molar-refractivity contribution in [3.8, 4) is 0 Å². The van der Waals surface area contributed by atoms with Gasteiger partial charge < -0.3 is 5.32 Å². The first-order valence-corrected chi connectivity index (χ1v) is 6.49. The summed E-state index contributed by atoms with van der Waals surface area (Å²) in [5.74, 6) is 0. The minimum absolute atomic E-state index is 0.0216. The van der Waals surface area contributed by atoms with Crippen molar-refractivity contribution < 1.29 is 18.0 Å². The lowest BCUT2D eigenvalue weighted by Crippen LogP contribution is -2.33. The molecule has 3 N–H and O–H groups in total. The molecule has 2 aromatic carbocycles. The number of halogens is 4. The fraction of sp³-hybridized carbons (Fsp3) is 0.0714. The molecule has 0 heterocycles. The maximum absolute atomic E-state index is 12.6. The summed E-state index contributed by atoms with van der Waals surface area (Å²) in [6.45, 7) is 0. The van der Waals surface area contributed by atoms with Gasteiger partial charge in [-0.25, -0.2) is 4.79 Å². The Morgan fingerprint density at radius 3 is 2.45 bits per heavy atom. The Balaban J connectivity index is 1.97. The highest BCUT2D eigenvalue weighted by Crippen LogP contribution is 2.30. The molecule has 0 saturated carbocycles. The summed E-state index contributed by atoms with van der Waals surface area (Å²) in [4.78, 5) is 11.6. The number of carbonyl (C=O) groups excluding carboxylic acids is 1. The standard InChI is InChI=1S/C14H11ClF3N3O/c15-11-6-1-2-7-12(11)20-21-13(22)19-10-5-3-4-9(8-10)14(16,17)18/h1-8,20H,(H2,19,21,22). The predicted molar refractivity (Wildman–Crippen MR) is 78.7 cm³/mol. The Hall–Kier alpha value is -2.41. The van der Waals surface area contributed by atoms with Crippen molar-refractivity contribution in [2.24, 2.45) is 0 Å². The number of urea groups is 1. The molecule has 0 bridgehead atoms. The van der Waals surface area contributed by atoms with E-state index in [1.807, 2.05) is 0 Å². The van der Waals surface area contributed by atoms with Crippen LogP contribution >= 0.6 is 11.6 Å². The van der Waals surface area contributed by atoms with Crippen molar-refractivity contribution in [2.45, 2.75) is 6.18 Å². The van der Waals surface area contributed by atoms with Crippen molar-refractivity contribution in [2.75, 3.05) is 10.7 Å². The first-order valence-electron chi connectivity index (χ1n) is 6.11. The quantitative estimate of drug-likeness (QED) is 0.726. The lowest BCUT2D eigenvalue weighted by Gasteiger charge is -2.12. The first kappa shape index (κ1) is 16.0. The Labute approximate surface area is 129 Å². The molecule has 8 heteroatoms. The van der Waals surface area contributed by atoms with Crippen LogP contribution in [0.25, 0.3) is 0 Å². The fourth-order valence-electron chi connectivity index (χ4n) is 1.62. The molecule has 2 rings (SSSR count). The highest BCUT2D eigenvalue weighted by molar-refractivity contribution is 6.33. The van der Waals surface area contributed by atoms with Crippen LogP contribution in [0.3, 0.4) is 0 Å². The van der Waals surface area contributed by atoms with E-state index in [1.165, 1.54) is 12.1 Å². The van der Waals surface area contributed by atoms with Gasteiger partial charge in [0.2, 0.25) is 0 Å². The van der Waals surface area contributed by atoms with Crippen LogP contribution < -0.4 is 16.2 Å². The number of hydrazine groups is 1. The van der Waals surface area contributed by atoms with Crippen molar-refractivity contribution in [3.63, 3.8) is 0 Å². The van der Waals surface area contributed by atoms with E-state index in [4.69, 9.17) is 11.6 Å². The fourth-order valence-corrected chi connectivity index (χ4v) is 1.81. The van der Waals surface area contributed by atoms with Crippen LogP contribution in [-0.4, -0.2) is 6.03 Å². The SMILES string of the molecule is O=C(NNc1ccccc1Cl)Nc1cccc(C(F)(F)F)c1. The minimum Gasteiger partial charge on any atom is -0.307 e. The number of alkyl halides is 3. The molecule has 2 aromatic rings. The topological polar surface area (TPSA) is 53.2 Å². The van der Waals surface area contributed by atoms with E-state index < -0.39 is 17.8 Å². The van der Waals surface area contributed by atoms with Gasteiger partial charge in [-0.05, 0) is 30.3 Å². The third-order valence-electron chi connectivity index (χ3n) is 2.63. The number of nitrogens with one attached hydrogen (secondary N) is 3.